The number of piperazine rings is 1. The molecule has 2 aliphatic carbocycles. The molecule has 2 fully saturated rings. The maximum absolute atomic E-state index is 13.9. The number of rotatable bonds is 11. The predicted octanol–water partition coefficient (Wildman–Crippen LogP) is 4.25. The Bertz CT molecular complexity index is 1320. The number of benzene rings is 1. The number of aliphatic hydroxyl groups excluding tert-OH is 2. The van der Waals surface area contributed by atoms with Crippen molar-refractivity contribution in [2.24, 2.45) is 11.8 Å². The molecule has 252 valence electrons. The minimum Gasteiger partial charge on any atom is -0.392 e. The van der Waals surface area contributed by atoms with Crippen LogP contribution in [-0.2, 0) is 22.6 Å². The van der Waals surface area contributed by atoms with E-state index in [1.807, 2.05) is 57.3 Å². The highest BCUT2D eigenvalue weighted by atomic mass is 35.5. The van der Waals surface area contributed by atoms with Gasteiger partial charge in [-0.3, -0.25) is 24.4 Å². The van der Waals surface area contributed by atoms with E-state index in [0.717, 1.165) is 36.1 Å². The molecule has 2 heterocycles. The van der Waals surface area contributed by atoms with E-state index in [9.17, 15) is 19.8 Å². The van der Waals surface area contributed by atoms with E-state index in [1.54, 1.807) is 6.20 Å². The van der Waals surface area contributed by atoms with Crippen molar-refractivity contribution in [2.45, 2.75) is 109 Å². The summed E-state index contributed by atoms with van der Waals surface area (Å²) in [6, 6.07) is 8.60. The molecule has 1 aliphatic heterocycles. The first-order chi connectivity index (χ1) is 22.0. The number of aromatic nitrogens is 1. The van der Waals surface area contributed by atoms with Crippen LogP contribution in [0.25, 0.3) is 0 Å². The fraction of sp³-hybridized carbons (Fsp3) is 0.639. The van der Waals surface area contributed by atoms with Crippen LogP contribution < -0.4 is 10.6 Å². The van der Waals surface area contributed by atoms with E-state index >= 15 is 0 Å². The van der Waals surface area contributed by atoms with Gasteiger partial charge in [0.25, 0.3) is 0 Å². The summed E-state index contributed by atoms with van der Waals surface area (Å²) in [7, 11) is 0. The molecule has 1 saturated carbocycles. The lowest BCUT2D eigenvalue weighted by Gasteiger charge is -2.42. The van der Waals surface area contributed by atoms with E-state index in [4.69, 9.17) is 11.6 Å². The summed E-state index contributed by atoms with van der Waals surface area (Å²) in [5.74, 6) is -0.153. The van der Waals surface area contributed by atoms with Crippen LogP contribution in [0.3, 0.4) is 0 Å². The van der Waals surface area contributed by atoms with Gasteiger partial charge in [-0.1, -0.05) is 61.9 Å². The molecule has 46 heavy (non-hydrogen) atoms. The van der Waals surface area contributed by atoms with Crippen LogP contribution in [0, 0.1) is 11.8 Å². The Morgan fingerprint density at radius 1 is 1.11 bits per heavy atom. The molecule has 3 aliphatic rings. The minimum atomic E-state index is -0.788. The molecule has 9 nitrogen and oxygen atoms in total. The highest BCUT2D eigenvalue weighted by Gasteiger charge is 2.38. The molecule has 0 bridgehead atoms. The Hall–Kier alpha value is -2.56. The second-order valence-corrected chi connectivity index (χ2v) is 15.1. The zero-order chi connectivity index (χ0) is 32.8. The van der Waals surface area contributed by atoms with Gasteiger partial charge < -0.3 is 20.8 Å². The molecule has 1 saturated heterocycles. The molecule has 1 aromatic heterocycles. The number of halogens is 1. The van der Waals surface area contributed by atoms with Gasteiger partial charge in [0.2, 0.25) is 11.8 Å². The van der Waals surface area contributed by atoms with Crippen molar-refractivity contribution in [2.75, 3.05) is 26.2 Å². The molecule has 5 atom stereocenters. The van der Waals surface area contributed by atoms with Crippen LogP contribution in [0.1, 0.15) is 88.4 Å². The first-order valence-electron chi connectivity index (χ1n) is 17.1. The second-order valence-electron chi connectivity index (χ2n) is 14.7. The lowest BCUT2D eigenvalue weighted by Crippen LogP contribution is -2.61. The molecule has 0 spiro atoms. The molecular weight excluding hydrogens is 602 g/mol. The van der Waals surface area contributed by atoms with Gasteiger partial charge in [-0.05, 0) is 68.4 Å². The Morgan fingerprint density at radius 2 is 1.89 bits per heavy atom. The number of carbonyl (C=O) groups is 2. The molecule has 10 heteroatoms. The van der Waals surface area contributed by atoms with Crippen molar-refractivity contribution >= 4 is 23.4 Å². The largest absolute Gasteiger partial charge is 0.392 e. The van der Waals surface area contributed by atoms with Crippen LogP contribution in [0.2, 0.25) is 5.02 Å². The number of aliphatic hydroxyl groups is 2. The van der Waals surface area contributed by atoms with Crippen molar-refractivity contribution in [1.82, 2.24) is 25.4 Å². The number of nitrogens with one attached hydrogen (secondary N) is 2. The maximum atomic E-state index is 13.9. The number of amides is 2. The van der Waals surface area contributed by atoms with Crippen LogP contribution in [0.15, 0.2) is 42.7 Å². The summed E-state index contributed by atoms with van der Waals surface area (Å²) in [5.41, 5.74) is 2.46. The molecule has 2 aromatic rings. The smallest absolute Gasteiger partial charge is 0.239 e. The van der Waals surface area contributed by atoms with E-state index in [1.165, 1.54) is 19.3 Å². The van der Waals surface area contributed by atoms with Gasteiger partial charge in [-0.2, -0.15) is 0 Å². The predicted molar refractivity (Wildman–Crippen MR) is 180 cm³/mol. The van der Waals surface area contributed by atoms with Gasteiger partial charge in [0.15, 0.2) is 0 Å². The molecule has 1 aromatic carbocycles. The minimum absolute atomic E-state index is 0.0559. The van der Waals surface area contributed by atoms with Gasteiger partial charge in [0, 0.05) is 68.0 Å². The van der Waals surface area contributed by atoms with E-state index < -0.39 is 30.2 Å². The number of hydrogen-bond donors (Lipinski definition) is 4. The van der Waals surface area contributed by atoms with Crippen molar-refractivity contribution < 1.29 is 19.8 Å². The van der Waals surface area contributed by atoms with Crippen LogP contribution >= 0.6 is 11.6 Å². The summed E-state index contributed by atoms with van der Waals surface area (Å²) in [6.45, 7) is 8.86. The zero-order valence-corrected chi connectivity index (χ0v) is 28.4. The molecular formula is C36H52ClN5O4. The first-order valence-corrected chi connectivity index (χ1v) is 17.5. The third-order valence-electron chi connectivity index (χ3n) is 9.81. The summed E-state index contributed by atoms with van der Waals surface area (Å²) in [5, 5.41) is 29.3. The Morgan fingerprint density at radius 3 is 2.61 bits per heavy atom. The lowest BCUT2D eigenvalue weighted by molar-refractivity contribution is -0.132. The second kappa shape index (κ2) is 15.6. The number of β-amino-alcohol motifs (C(OH)–C–C–N with tert-alkyl or cyclic N) is 1. The normalized spacial score (nSPS) is 24.3. The fourth-order valence-electron chi connectivity index (χ4n) is 7.56. The third-order valence-corrected chi connectivity index (χ3v) is 10.2. The van der Waals surface area contributed by atoms with Crippen molar-refractivity contribution in [3.8, 4) is 0 Å². The van der Waals surface area contributed by atoms with Crippen molar-refractivity contribution in [3.05, 3.63) is 64.4 Å². The van der Waals surface area contributed by atoms with E-state index in [2.05, 4.69) is 25.4 Å². The Labute approximate surface area is 279 Å². The van der Waals surface area contributed by atoms with Crippen LogP contribution in [-0.4, -0.2) is 86.8 Å². The molecule has 0 unspecified atom stereocenters. The van der Waals surface area contributed by atoms with Crippen LogP contribution in [0.5, 0.6) is 0 Å². The number of nitrogens with zero attached hydrogens (tertiary/aromatic N) is 3. The zero-order valence-electron chi connectivity index (χ0n) is 27.6. The molecule has 0 radical (unpaired) electrons. The maximum Gasteiger partial charge on any atom is 0.239 e. The summed E-state index contributed by atoms with van der Waals surface area (Å²) in [4.78, 5) is 36.1. The summed E-state index contributed by atoms with van der Waals surface area (Å²) < 4.78 is 0. The summed E-state index contributed by atoms with van der Waals surface area (Å²) >= 11 is 6.41. The van der Waals surface area contributed by atoms with Gasteiger partial charge in [0.05, 0.1) is 18.2 Å². The number of carbonyl (C=O) groups excluding carboxylic acids is 2. The third kappa shape index (κ3) is 9.28. The fourth-order valence-corrected chi connectivity index (χ4v) is 7.82. The first kappa shape index (κ1) is 34.8. The number of fused-ring (bicyclic) bond motifs is 1. The van der Waals surface area contributed by atoms with Gasteiger partial charge in [-0.15, -0.1) is 0 Å². The Kier molecular flexibility index (Phi) is 11.8. The van der Waals surface area contributed by atoms with E-state index in [-0.39, 0.29) is 17.4 Å². The quantitative estimate of drug-likeness (QED) is 0.287. The van der Waals surface area contributed by atoms with Crippen LogP contribution in [0.4, 0.5) is 0 Å². The van der Waals surface area contributed by atoms with Gasteiger partial charge in [0.1, 0.15) is 6.04 Å². The van der Waals surface area contributed by atoms with Crippen molar-refractivity contribution in [3.63, 3.8) is 0 Å². The average Bonchev–Trinajstić information content (AvgIpc) is 3.33. The van der Waals surface area contributed by atoms with Crippen molar-refractivity contribution in [1.29, 1.82) is 0 Å². The highest BCUT2D eigenvalue weighted by Crippen LogP contribution is 2.37. The standard InChI is InChI=1S/C36H52ClN5O4/c1-36(2,3)40-35(46)31-23-41(21-25-11-8-14-38-20-25)15-16-42(31)22-27(43)18-26(17-24-9-5-4-6-10-24)34(45)39-33-28-12-7-13-30(37)29(28)19-32(33)44/h7-8,11-14,20,24,26-27,31-33,43-44H,4-6,9-10,15-19,21-23H2,1-3H3,(H,39,45)(H,40,46)/t26-,27+,31+,32-,33+/m1/s1. The van der Waals surface area contributed by atoms with Gasteiger partial charge in [-0.25, -0.2) is 0 Å². The average molecular weight is 654 g/mol. The van der Waals surface area contributed by atoms with Gasteiger partial charge >= 0.3 is 0 Å². The Balaban J connectivity index is 1.27. The highest BCUT2D eigenvalue weighted by molar-refractivity contribution is 6.31. The topological polar surface area (TPSA) is 118 Å². The molecule has 4 N–H and O–H groups in total. The summed E-state index contributed by atoms with van der Waals surface area (Å²) in [6.07, 6.45) is 9.26. The lowest BCUT2D eigenvalue weighted by atomic mass is 9.80. The monoisotopic (exact) mass is 653 g/mol. The number of hydrogen-bond acceptors (Lipinski definition) is 7. The molecule has 5 rings (SSSR count). The van der Waals surface area contributed by atoms with E-state index in [0.29, 0.717) is 56.4 Å². The number of pyridine rings is 1. The molecule has 2 amide bonds. The SMILES string of the molecule is CC(C)(C)NC(=O)[C@@H]1CN(Cc2cccnc2)CCN1C[C@@H](O)C[C@@H](CC1CCCCC1)C(=O)N[C@H]1c2cccc(Cl)c2C[C@H]1O.